The number of nitrogens with zero attached hydrogens (tertiary/aromatic N) is 2. The van der Waals surface area contributed by atoms with E-state index in [9.17, 15) is 40.3 Å². The number of hydrogen-bond donors (Lipinski definition) is 8. The van der Waals surface area contributed by atoms with Gasteiger partial charge in [-0.1, -0.05) is 0 Å². The fourth-order valence-corrected chi connectivity index (χ4v) is 4.74. The predicted octanol–water partition coefficient (Wildman–Crippen LogP) is -4.10. The molecular formula is C18H30N3O13PS. The summed E-state index contributed by atoms with van der Waals surface area (Å²) in [5, 5.41) is 59.1. The minimum Gasteiger partial charge on any atom is -0.394 e. The molecule has 10 atom stereocenters. The van der Waals surface area contributed by atoms with Crippen LogP contribution in [-0.2, 0) is 35.1 Å². The number of aliphatic hydroxyl groups excluding tert-OH is 6. The normalized spacial score (nSPS) is 36.6. The summed E-state index contributed by atoms with van der Waals surface area (Å²) in [6.45, 7) is -5.06. The summed E-state index contributed by atoms with van der Waals surface area (Å²) in [6, 6.07) is 1.32. The highest BCUT2D eigenvalue weighted by Gasteiger charge is 2.45. The lowest BCUT2D eigenvalue weighted by Crippen LogP contribution is -2.59. The Morgan fingerprint density at radius 1 is 1.03 bits per heavy atom. The maximum atomic E-state index is 12.0. The van der Waals surface area contributed by atoms with Gasteiger partial charge in [-0.25, -0.2) is 4.79 Å². The van der Waals surface area contributed by atoms with E-state index in [2.05, 4.69) is 4.98 Å². The van der Waals surface area contributed by atoms with Crippen LogP contribution < -0.4 is 11.4 Å². The molecule has 0 spiro atoms. The Labute approximate surface area is 209 Å². The van der Waals surface area contributed by atoms with Gasteiger partial charge in [0.2, 0.25) is 0 Å². The van der Waals surface area contributed by atoms with Crippen LogP contribution in [-0.4, -0.2) is 121 Å². The van der Waals surface area contributed by atoms with Gasteiger partial charge in [0.25, 0.3) is 0 Å². The smallest absolute Gasteiger partial charge is 0.351 e. The van der Waals surface area contributed by atoms with Gasteiger partial charge in [-0.05, 0) is 24.3 Å². The quantitative estimate of drug-likeness (QED) is 0.0947. The van der Waals surface area contributed by atoms with E-state index in [1.807, 2.05) is 0 Å². The van der Waals surface area contributed by atoms with Crippen molar-refractivity contribution >= 4 is 24.3 Å². The van der Waals surface area contributed by atoms with Crippen LogP contribution in [0.2, 0.25) is 0 Å². The Morgan fingerprint density at radius 3 is 2.39 bits per heavy atom. The fourth-order valence-electron chi connectivity index (χ4n) is 3.56. The highest BCUT2D eigenvalue weighted by atomic mass is 32.5. The molecule has 2 fully saturated rings. The molecule has 16 nitrogen and oxygen atoms in total. The average molecular weight is 559 g/mol. The molecule has 18 heteroatoms. The van der Waals surface area contributed by atoms with E-state index in [-0.39, 0.29) is 25.5 Å². The number of nitrogen functional groups attached to an aromatic ring is 1. The zero-order chi connectivity index (χ0) is 26.6. The molecule has 0 radical (unpaired) electrons. The second-order valence-corrected chi connectivity index (χ2v) is 10.9. The lowest BCUT2D eigenvalue weighted by atomic mass is 9.99. The van der Waals surface area contributed by atoms with Crippen molar-refractivity contribution in [3.8, 4) is 0 Å². The van der Waals surface area contributed by atoms with Gasteiger partial charge in [0.1, 0.15) is 48.5 Å². The molecule has 2 aliphatic rings. The van der Waals surface area contributed by atoms with Gasteiger partial charge in [0.05, 0.1) is 26.4 Å². The molecule has 0 aromatic carbocycles. The number of anilines is 1. The number of ether oxygens (including phenoxy) is 3. The van der Waals surface area contributed by atoms with Gasteiger partial charge in [0.15, 0.2) is 12.5 Å². The van der Waals surface area contributed by atoms with Crippen molar-refractivity contribution in [1.82, 2.24) is 9.55 Å². The van der Waals surface area contributed by atoms with E-state index >= 15 is 0 Å². The fraction of sp³-hybridized carbons (Fsp3) is 0.778. The molecule has 1 aromatic rings. The largest absolute Gasteiger partial charge is 0.394 e. The molecule has 0 aliphatic carbocycles. The topological polar surface area (TPSA) is 249 Å². The molecule has 0 saturated carbocycles. The lowest BCUT2D eigenvalue weighted by molar-refractivity contribution is -0.301. The first-order valence-corrected chi connectivity index (χ1v) is 13.4. The second kappa shape index (κ2) is 12.6. The van der Waals surface area contributed by atoms with Crippen molar-refractivity contribution in [2.45, 2.75) is 61.7 Å². The van der Waals surface area contributed by atoms with Crippen molar-refractivity contribution < 1.29 is 58.8 Å². The van der Waals surface area contributed by atoms with Crippen LogP contribution in [0, 0.1) is 0 Å². The molecule has 3 rings (SSSR count). The summed E-state index contributed by atoms with van der Waals surface area (Å²) >= 11 is 4.91. The maximum absolute atomic E-state index is 12.0. The Morgan fingerprint density at radius 2 is 1.72 bits per heavy atom. The molecule has 2 aliphatic heterocycles. The first-order chi connectivity index (χ1) is 16.9. The maximum Gasteiger partial charge on any atom is 0.351 e. The summed E-state index contributed by atoms with van der Waals surface area (Å²) in [4.78, 5) is 25.7. The van der Waals surface area contributed by atoms with Crippen LogP contribution in [0.5, 0.6) is 0 Å². The monoisotopic (exact) mass is 559 g/mol. The van der Waals surface area contributed by atoms with E-state index in [0.717, 1.165) is 4.57 Å². The Balaban J connectivity index is 1.41. The SMILES string of the molecule is Nc1ccn([C@@H]2O[C@H](COP(O)(=S)OCCCO[C@@H]3O[C@H](CO)[C@H](O)[C@H](O)[C@H]3O)[C@@H](O)[C@@H]2O)c(=O)n1. The van der Waals surface area contributed by atoms with E-state index < -0.39 is 80.9 Å². The van der Waals surface area contributed by atoms with E-state index in [4.69, 9.17) is 40.8 Å². The third-order valence-electron chi connectivity index (χ3n) is 5.54. The van der Waals surface area contributed by atoms with Gasteiger partial charge in [0, 0.05) is 6.20 Å². The molecule has 0 amide bonds. The first kappa shape index (κ1) is 29.4. The van der Waals surface area contributed by atoms with Crippen LogP contribution >= 0.6 is 6.72 Å². The molecule has 2 saturated heterocycles. The van der Waals surface area contributed by atoms with Crippen LogP contribution in [0.25, 0.3) is 0 Å². The minimum atomic E-state index is -3.80. The van der Waals surface area contributed by atoms with Crippen LogP contribution in [0.4, 0.5) is 5.82 Å². The predicted molar refractivity (Wildman–Crippen MR) is 122 cm³/mol. The molecule has 206 valence electrons. The third-order valence-corrected chi connectivity index (χ3v) is 7.16. The first-order valence-electron chi connectivity index (χ1n) is 10.9. The number of aliphatic hydroxyl groups is 6. The number of hydrogen-bond acceptors (Lipinski definition) is 15. The number of aromatic nitrogens is 2. The summed E-state index contributed by atoms with van der Waals surface area (Å²) in [6.07, 6.45) is -11.0. The van der Waals surface area contributed by atoms with Crippen LogP contribution in [0.15, 0.2) is 17.1 Å². The van der Waals surface area contributed by atoms with E-state index in [0.29, 0.717) is 0 Å². The summed E-state index contributed by atoms with van der Waals surface area (Å²) in [5.41, 5.74) is 4.64. The standard InChI is InChI=1S/C18H30N3O13PS/c19-10-2-3-21(18(28)20-10)16-14(26)12(24)9(33-16)7-32-35(29,36)31-5-1-4-30-17-15(27)13(25)11(23)8(6-22)34-17/h2-3,8-9,11-17,22-27H,1,4-7H2,(H,29,36)(H2,19,20,28)/t8-,9-,11+,12-,13+,14+,15-,16-,17-,35?/m1/s1. The molecule has 36 heavy (non-hydrogen) atoms. The molecule has 3 heterocycles. The van der Waals surface area contributed by atoms with Gasteiger partial charge in [-0.15, -0.1) is 0 Å². The molecule has 1 aromatic heterocycles. The molecular weight excluding hydrogens is 529 g/mol. The van der Waals surface area contributed by atoms with E-state index in [1.165, 1.54) is 12.3 Å². The third kappa shape index (κ3) is 7.03. The lowest BCUT2D eigenvalue weighted by Gasteiger charge is -2.39. The van der Waals surface area contributed by atoms with Gasteiger partial charge < -0.3 is 64.5 Å². The molecule has 9 N–H and O–H groups in total. The Kier molecular flexibility index (Phi) is 10.3. The van der Waals surface area contributed by atoms with E-state index in [1.54, 1.807) is 0 Å². The van der Waals surface area contributed by atoms with Crippen molar-refractivity contribution in [2.24, 2.45) is 0 Å². The number of nitrogens with two attached hydrogens (primary N) is 1. The van der Waals surface area contributed by atoms with Gasteiger partial charge >= 0.3 is 12.4 Å². The highest BCUT2D eigenvalue weighted by Crippen LogP contribution is 2.44. The van der Waals surface area contributed by atoms with Crippen molar-refractivity contribution in [3.05, 3.63) is 22.7 Å². The highest BCUT2D eigenvalue weighted by molar-refractivity contribution is 8.07. The van der Waals surface area contributed by atoms with Crippen LogP contribution in [0.1, 0.15) is 12.6 Å². The second-order valence-electron chi connectivity index (χ2n) is 8.11. The summed E-state index contributed by atoms with van der Waals surface area (Å²) in [5.74, 6) is -0.0270. The van der Waals surface area contributed by atoms with Crippen molar-refractivity contribution in [3.63, 3.8) is 0 Å². The van der Waals surface area contributed by atoms with Crippen molar-refractivity contribution in [1.29, 1.82) is 0 Å². The summed E-state index contributed by atoms with van der Waals surface area (Å²) in [7, 11) is 0. The van der Waals surface area contributed by atoms with Crippen LogP contribution in [0.3, 0.4) is 0 Å². The van der Waals surface area contributed by atoms with Crippen molar-refractivity contribution in [2.75, 3.05) is 32.2 Å². The van der Waals surface area contributed by atoms with Gasteiger partial charge in [-0.2, -0.15) is 4.98 Å². The Bertz CT molecular complexity index is 970. The zero-order valence-electron chi connectivity index (χ0n) is 18.8. The number of rotatable bonds is 11. The van der Waals surface area contributed by atoms with Gasteiger partial charge in [-0.3, -0.25) is 4.57 Å². The Hall–Kier alpha value is -1.15. The molecule has 0 bridgehead atoms. The summed E-state index contributed by atoms with van der Waals surface area (Å²) < 4.78 is 27.3. The minimum absolute atomic E-state index is 0.0270. The average Bonchev–Trinajstić information content (AvgIpc) is 3.11. The molecule has 1 unspecified atom stereocenters. The zero-order valence-corrected chi connectivity index (χ0v) is 20.5.